The molecule has 0 unspecified atom stereocenters. The van der Waals surface area contributed by atoms with Crippen molar-refractivity contribution in [2.75, 3.05) is 0 Å². The van der Waals surface area contributed by atoms with E-state index in [9.17, 15) is 9.36 Å². The molecule has 1 heterocycles. The van der Waals surface area contributed by atoms with E-state index in [0.717, 1.165) is 0 Å². The molecular formula is CHO7P. The van der Waals surface area contributed by atoms with E-state index in [1.165, 1.54) is 0 Å². The zero-order valence-electron chi connectivity index (χ0n) is 3.84. The Morgan fingerprint density at radius 3 is 2.11 bits per heavy atom. The van der Waals surface area contributed by atoms with Gasteiger partial charge in [0.2, 0.25) is 0 Å². The number of hydrogen-bond acceptors (Lipinski definition) is 6. The van der Waals surface area contributed by atoms with Crippen molar-refractivity contribution >= 4 is 14.0 Å². The van der Waals surface area contributed by atoms with Gasteiger partial charge in [0.15, 0.2) is 0 Å². The first-order valence-electron chi connectivity index (χ1n) is 1.69. The molecule has 9 heavy (non-hydrogen) atoms. The van der Waals surface area contributed by atoms with Gasteiger partial charge in [0.1, 0.15) is 0 Å². The summed E-state index contributed by atoms with van der Waals surface area (Å²) in [6.07, 6.45) is -1.32. The zero-order chi connectivity index (χ0) is 6.91. The summed E-state index contributed by atoms with van der Waals surface area (Å²) < 4.78 is 17.1. The second-order valence-corrected chi connectivity index (χ2v) is 2.27. The van der Waals surface area contributed by atoms with Crippen molar-refractivity contribution in [2.24, 2.45) is 0 Å². The highest BCUT2D eigenvalue weighted by Gasteiger charge is 2.34. The van der Waals surface area contributed by atoms with Crippen LogP contribution in [-0.2, 0) is 23.7 Å². The van der Waals surface area contributed by atoms with Crippen LogP contribution in [0.3, 0.4) is 0 Å². The Morgan fingerprint density at radius 2 is 1.78 bits per heavy atom. The van der Waals surface area contributed by atoms with E-state index in [1.54, 1.807) is 0 Å². The number of carbonyl (C=O) groups excluding carboxylic acids is 1. The molecular weight excluding hydrogens is 155 g/mol. The highest BCUT2D eigenvalue weighted by atomic mass is 31.2. The molecule has 8 heteroatoms. The molecule has 0 bridgehead atoms. The van der Waals surface area contributed by atoms with Gasteiger partial charge in [0, 0.05) is 0 Å². The van der Waals surface area contributed by atoms with Crippen LogP contribution < -0.4 is 0 Å². The van der Waals surface area contributed by atoms with Crippen LogP contribution in [0.15, 0.2) is 0 Å². The molecule has 0 radical (unpaired) electrons. The van der Waals surface area contributed by atoms with Crippen molar-refractivity contribution in [3.05, 3.63) is 0 Å². The number of hydrogen-bond donors (Lipinski definition) is 1. The fourth-order valence-corrected chi connectivity index (χ4v) is 0.516. The van der Waals surface area contributed by atoms with Gasteiger partial charge in [-0.2, -0.15) is 4.79 Å². The minimum atomic E-state index is -4.29. The van der Waals surface area contributed by atoms with Gasteiger partial charge in [-0.1, -0.05) is 9.35 Å². The van der Waals surface area contributed by atoms with Crippen LogP contribution in [0.25, 0.3) is 0 Å². The lowest BCUT2D eigenvalue weighted by Crippen LogP contribution is -2.13. The highest BCUT2D eigenvalue weighted by Crippen LogP contribution is 2.46. The third-order valence-corrected chi connectivity index (χ3v) is 0.925. The smallest absolute Gasteiger partial charge is 0.298 e. The van der Waals surface area contributed by atoms with Crippen molar-refractivity contribution in [1.82, 2.24) is 0 Å². The van der Waals surface area contributed by atoms with E-state index in [-0.39, 0.29) is 0 Å². The predicted molar refractivity (Wildman–Crippen MR) is 19.6 cm³/mol. The summed E-state index contributed by atoms with van der Waals surface area (Å²) in [4.78, 5) is 25.0. The lowest BCUT2D eigenvalue weighted by Gasteiger charge is -2.11. The molecule has 0 saturated carbocycles. The molecule has 0 amide bonds. The monoisotopic (exact) mass is 156 g/mol. The summed E-state index contributed by atoms with van der Waals surface area (Å²) in [6, 6.07) is 0. The second-order valence-electron chi connectivity index (χ2n) is 1.03. The van der Waals surface area contributed by atoms with E-state index < -0.39 is 14.0 Å². The summed E-state index contributed by atoms with van der Waals surface area (Å²) in [5, 5.41) is 0. The normalized spacial score (nSPS) is 24.3. The standard InChI is InChI=1S/CHO7P/c2-1-5-7-9(3,4)8-6-1/h(H,3,4). The van der Waals surface area contributed by atoms with Crippen LogP contribution in [0.4, 0.5) is 4.79 Å². The molecule has 0 aromatic rings. The van der Waals surface area contributed by atoms with Gasteiger partial charge in [-0.3, -0.25) is 4.89 Å². The summed E-state index contributed by atoms with van der Waals surface area (Å²) in [7, 11) is -4.29. The Hall–Kier alpha value is -0.620. The van der Waals surface area contributed by atoms with E-state index in [4.69, 9.17) is 4.89 Å². The summed E-state index contributed by atoms with van der Waals surface area (Å²) in [6.45, 7) is 0. The maximum absolute atomic E-state index is 10.1. The first-order chi connectivity index (χ1) is 4.10. The van der Waals surface area contributed by atoms with Crippen molar-refractivity contribution < 1.29 is 33.4 Å². The van der Waals surface area contributed by atoms with E-state index in [2.05, 4.69) is 19.1 Å². The molecule has 7 nitrogen and oxygen atoms in total. The Balaban J connectivity index is 2.54. The summed E-state index contributed by atoms with van der Waals surface area (Å²) in [5.41, 5.74) is 0. The van der Waals surface area contributed by atoms with Gasteiger partial charge in [0.25, 0.3) is 0 Å². The maximum atomic E-state index is 10.1. The van der Waals surface area contributed by atoms with Crippen LogP contribution in [0.5, 0.6) is 0 Å². The fourth-order valence-electron chi connectivity index (χ4n) is 0.181. The average molecular weight is 156 g/mol. The molecule has 0 aromatic carbocycles. The van der Waals surface area contributed by atoms with Crippen LogP contribution in [0.1, 0.15) is 0 Å². The lowest BCUT2D eigenvalue weighted by atomic mass is 11.4. The molecule has 0 atom stereocenters. The molecule has 52 valence electrons. The topological polar surface area (TPSA) is 91.3 Å². The molecule has 1 aliphatic rings. The third kappa shape index (κ3) is 1.65. The van der Waals surface area contributed by atoms with Gasteiger partial charge in [-0.15, -0.1) is 0 Å². The van der Waals surface area contributed by atoms with Gasteiger partial charge >= 0.3 is 14.0 Å². The number of phosphoric acid groups is 1. The molecule has 1 rings (SSSR count). The van der Waals surface area contributed by atoms with E-state index in [1.807, 2.05) is 0 Å². The minimum Gasteiger partial charge on any atom is -0.298 e. The highest BCUT2D eigenvalue weighted by molar-refractivity contribution is 7.47. The lowest BCUT2D eigenvalue weighted by molar-refractivity contribution is -0.305. The second kappa shape index (κ2) is 1.96. The molecule has 0 aromatic heterocycles. The number of carbonyl (C=O) groups is 1. The molecule has 1 fully saturated rings. The van der Waals surface area contributed by atoms with Gasteiger partial charge in [-0.25, -0.2) is 14.3 Å². The van der Waals surface area contributed by atoms with Crippen LogP contribution in [-0.4, -0.2) is 11.0 Å². The maximum Gasteiger partial charge on any atom is 0.574 e. The summed E-state index contributed by atoms with van der Waals surface area (Å²) in [5.74, 6) is 0. The molecule has 0 spiro atoms. The molecule has 0 aliphatic carbocycles. The Bertz CT molecular complexity index is 158. The summed E-state index contributed by atoms with van der Waals surface area (Å²) >= 11 is 0. The molecule has 1 N–H and O–H groups in total. The van der Waals surface area contributed by atoms with Crippen LogP contribution in [0, 0.1) is 0 Å². The largest absolute Gasteiger partial charge is 0.574 e. The Kier molecular flexibility index (Phi) is 1.42. The van der Waals surface area contributed by atoms with Crippen molar-refractivity contribution in [1.29, 1.82) is 0 Å². The quantitative estimate of drug-likeness (QED) is 0.393. The van der Waals surface area contributed by atoms with Crippen molar-refractivity contribution in [3.8, 4) is 0 Å². The minimum absolute atomic E-state index is 1.32. The first kappa shape index (κ1) is 6.50. The van der Waals surface area contributed by atoms with Crippen LogP contribution in [0.2, 0.25) is 0 Å². The first-order valence-corrected chi connectivity index (χ1v) is 3.19. The van der Waals surface area contributed by atoms with Crippen molar-refractivity contribution in [2.45, 2.75) is 0 Å². The fraction of sp³-hybridized carbons (Fsp3) is 0. The van der Waals surface area contributed by atoms with E-state index >= 15 is 0 Å². The zero-order valence-corrected chi connectivity index (χ0v) is 4.74. The Morgan fingerprint density at radius 1 is 1.33 bits per heavy atom. The number of rotatable bonds is 0. The average Bonchev–Trinajstić information content (AvgIpc) is 1.78. The Labute approximate surface area is 48.6 Å². The van der Waals surface area contributed by atoms with Crippen molar-refractivity contribution in [3.63, 3.8) is 0 Å². The van der Waals surface area contributed by atoms with Crippen LogP contribution >= 0.6 is 7.82 Å². The molecule has 1 aliphatic heterocycles. The van der Waals surface area contributed by atoms with Gasteiger partial charge < -0.3 is 0 Å². The van der Waals surface area contributed by atoms with Gasteiger partial charge in [0.05, 0.1) is 0 Å². The molecule has 1 saturated heterocycles. The third-order valence-electron chi connectivity index (χ3n) is 0.399. The predicted octanol–water partition coefficient (Wildman–Crippen LogP) is 0.117. The van der Waals surface area contributed by atoms with Gasteiger partial charge in [-0.05, 0) is 0 Å². The van der Waals surface area contributed by atoms with E-state index in [0.29, 0.717) is 0 Å². The SMILES string of the molecule is O=C1OOP(=O)(O)OO1.